The molecule has 0 fully saturated rings. The summed E-state index contributed by atoms with van der Waals surface area (Å²) < 4.78 is 8.44. The second-order valence-electron chi connectivity index (χ2n) is 2.58. The lowest BCUT2D eigenvalue weighted by Gasteiger charge is -2.02. The Labute approximate surface area is 94.3 Å². The highest BCUT2D eigenvalue weighted by molar-refractivity contribution is 9.10. The van der Waals surface area contributed by atoms with Crippen molar-refractivity contribution in [2.24, 2.45) is 0 Å². The van der Waals surface area contributed by atoms with E-state index in [-0.39, 0.29) is 0 Å². The Morgan fingerprint density at radius 1 is 1.46 bits per heavy atom. The first-order valence-corrected chi connectivity index (χ1v) is 5.73. The van der Waals surface area contributed by atoms with Crippen LogP contribution < -0.4 is 4.74 Å². The number of rotatable bonds is 1. The first kappa shape index (κ1) is 9.37. The topological polar surface area (TPSA) is 9.23 Å². The van der Waals surface area contributed by atoms with Crippen LogP contribution in [0, 0.1) is 0 Å². The van der Waals surface area contributed by atoms with Crippen molar-refractivity contribution < 1.29 is 4.74 Å². The summed E-state index contributed by atoms with van der Waals surface area (Å²) in [5.41, 5.74) is 0. The summed E-state index contributed by atoms with van der Waals surface area (Å²) in [6, 6.07) is 6.04. The lowest BCUT2D eigenvalue weighted by molar-refractivity contribution is 0.413. The minimum atomic E-state index is 0.860. The zero-order valence-corrected chi connectivity index (χ0v) is 10.2. The summed E-state index contributed by atoms with van der Waals surface area (Å²) in [5.74, 6) is 0.860. The van der Waals surface area contributed by atoms with Crippen molar-refractivity contribution in [1.29, 1.82) is 0 Å². The number of benzene rings is 1. The summed E-state index contributed by atoms with van der Waals surface area (Å²) in [6.07, 6.45) is 0. The maximum atomic E-state index is 5.20. The van der Waals surface area contributed by atoms with Crippen LogP contribution in [-0.2, 0) is 0 Å². The van der Waals surface area contributed by atoms with Crippen LogP contribution in [0.15, 0.2) is 26.9 Å². The van der Waals surface area contributed by atoms with Gasteiger partial charge in [-0.05, 0) is 34.1 Å². The molecule has 0 unspecified atom stereocenters. The molecule has 4 heteroatoms. The highest BCUT2D eigenvalue weighted by Gasteiger charge is 2.07. The summed E-state index contributed by atoms with van der Waals surface area (Å²) in [5, 5.41) is 1.16. The van der Waals surface area contributed by atoms with E-state index in [1.54, 1.807) is 18.4 Å². The molecule has 0 N–H and O–H groups in total. The minimum Gasteiger partial charge on any atom is -0.496 e. The Morgan fingerprint density at radius 3 is 2.92 bits per heavy atom. The molecule has 13 heavy (non-hydrogen) atoms. The lowest BCUT2D eigenvalue weighted by atomic mass is 10.2. The van der Waals surface area contributed by atoms with Gasteiger partial charge in [-0.25, -0.2) is 0 Å². The molecule has 1 aromatic heterocycles. The van der Waals surface area contributed by atoms with E-state index in [1.807, 2.05) is 18.2 Å². The van der Waals surface area contributed by atoms with Crippen LogP contribution in [-0.4, -0.2) is 7.11 Å². The van der Waals surface area contributed by atoms with Gasteiger partial charge in [0.2, 0.25) is 0 Å². The molecule has 0 aliphatic heterocycles. The van der Waals surface area contributed by atoms with Gasteiger partial charge in [0.25, 0.3) is 0 Å². The molecule has 1 aromatic carbocycles. The number of methoxy groups -OCH3 is 1. The molecule has 0 radical (unpaired) electrons. The molecular weight excluding hydrogens is 268 g/mol. The van der Waals surface area contributed by atoms with Gasteiger partial charge < -0.3 is 4.74 Å². The molecule has 1 heterocycles. The molecule has 0 saturated carbocycles. The third-order valence-corrected chi connectivity index (χ3v) is 3.93. The van der Waals surface area contributed by atoms with E-state index in [0.29, 0.717) is 0 Å². The van der Waals surface area contributed by atoms with Crippen LogP contribution in [0.25, 0.3) is 10.1 Å². The van der Waals surface area contributed by atoms with Gasteiger partial charge in [-0.3, -0.25) is 0 Å². The van der Waals surface area contributed by atoms with Crippen molar-refractivity contribution in [3.8, 4) is 5.75 Å². The minimum absolute atomic E-state index is 0.860. The number of halogens is 1. The van der Waals surface area contributed by atoms with Gasteiger partial charge in [0.15, 0.2) is 0 Å². The average Bonchev–Trinajstić information content (AvgIpc) is 2.47. The van der Waals surface area contributed by atoms with E-state index >= 15 is 0 Å². The summed E-state index contributed by atoms with van der Waals surface area (Å²) >= 11 is 9.48. The maximum Gasteiger partial charge on any atom is 0.133 e. The predicted octanol–water partition coefficient (Wildman–Crippen LogP) is 3.96. The first-order valence-electron chi connectivity index (χ1n) is 3.67. The Morgan fingerprint density at radius 2 is 2.23 bits per heavy atom. The Hall–Kier alpha value is -0.190. The molecule has 1 nitrogen and oxygen atoms in total. The van der Waals surface area contributed by atoms with Crippen molar-refractivity contribution in [1.82, 2.24) is 0 Å². The average molecular weight is 275 g/mol. The van der Waals surface area contributed by atoms with Crippen LogP contribution in [0.2, 0.25) is 0 Å². The molecule has 0 aliphatic carbocycles. The smallest absolute Gasteiger partial charge is 0.133 e. The second kappa shape index (κ2) is 3.52. The standard InChI is InChI=1S/C9H7BrOS2/c1-11-6-2-3-7-5(9(6)10)4-8(12)13-7/h2-4,12H,1H3. The van der Waals surface area contributed by atoms with Crippen LogP contribution in [0.3, 0.4) is 0 Å². The largest absolute Gasteiger partial charge is 0.496 e. The highest BCUT2D eigenvalue weighted by atomic mass is 79.9. The normalized spacial score (nSPS) is 10.7. The molecule has 0 atom stereocenters. The first-order chi connectivity index (χ1) is 6.22. The van der Waals surface area contributed by atoms with Gasteiger partial charge in [0.1, 0.15) is 5.75 Å². The van der Waals surface area contributed by atoms with E-state index in [0.717, 1.165) is 19.8 Å². The molecule has 0 amide bonds. The number of thiol groups is 1. The molecule has 0 saturated heterocycles. The second-order valence-corrected chi connectivity index (χ2v) is 5.24. The Balaban J connectivity index is 2.78. The zero-order chi connectivity index (χ0) is 9.42. The fraction of sp³-hybridized carbons (Fsp3) is 0.111. The van der Waals surface area contributed by atoms with Gasteiger partial charge in [-0.2, -0.15) is 0 Å². The monoisotopic (exact) mass is 274 g/mol. The van der Waals surface area contributed by atoms with Crippen molar-refractivity contribution >= 4 is 50.0 Å². The number of hydrogen-bond donors (Lipinski definition) is 1. The SMILES string of the molecule is COc1ccc2sc(S)cc2c1Br. The van der Waals surface area contributed by atoms with Gasteiger partial charge >= 0.3 is 0 Å². The van der Waals surface area contributed by atoms with Crippen LogP contribution in [0.4, 0.5) is 0 Å². The van der Waals surface area contributed by atoms with E-state index in [4.69, 9.17) is 4.74 Å². The fourth-order valence-corrected chi connectivity index (χ4v) is 3.19. The molecule has 2 aromatic rings. The van der Waals surface area contributed by atoms with Gasteiger partial charge in [-0.15, -0.1) is 24.0 Å². The van der Waals surface area contributed by atoms with Crippen molar-refractivity contribution in [2.45, 2.75) is 4.21 Å². The van der Waals surface area contributed by atoms with Crippen molar-refractivity contribution in [2.75, 3.05) is 7.11 Å². The predicted molar refractivity (Wildman–Crippen MR) is 63.3 cm³/mol. The molecular formula is C9H7BrOS2. The lowest BCUT2D eigenvalue weighted by Crippen LogP contribution is -1.82. The third kappa shape index (κ3) is 1.58. The number of fused-ring (bicyclic) bond motifs is 1. The number of ether oxygens (including phenoxy) is 1. The fourth-order valence-electron chi connectivity index (χ4n) is 1.20. The molecule has 0 bridgehead atoms. The number of thiophene rings is 1. The third-order valence-electron chi connectivity index (χ3n) is 1.81. The van der Waals surface area contributed by atoms with Crippen LogP contribution in [0.5, 0.6) is 5.75 Å². The Kier molecular flexibility index (Phi) is 2.53. The highest BCUT2D eigenvalue weighted by Crippen LogP contribution is 2.38. The van der Waals surface area contributed by atoms with Crippen molar-refractivity contribution in [3.63, 3.8) is 0 Å². The molecule has 0 aliphatic rings. The van der Waals surface area contributed by atoms with E-state index in [9.17, 15) is 0 Å². The quantitative estimate of drug-likeness (QED) is 0.775. The molecule has 68 valence electrons. The van der Waals surface area contributed by atoms with Crippen LogP contribution >= 0.6 is 39.9 Å². The van der Waals surface area contributed by atoms with Gasteiger partial charge in [-0.1, -0.05) is 0 Å². The van der Waals surface area contributed by atoms with Gasteiger partial charge in [0, 0.05) is 10.1 Å². The molecule has 0 spiro atoms. The zero-order valence-electron chi connectivity index (χ0n) is 6.87. The number of hydrogen-bond acceptors (Lipinski definition) is 3. The summed E-state index contributed by atoms with van der Waals surface area (Å²) in [6.45, 7) is 0. The summed E-state index contributed by atoms with van der Waals surface area (Å²) in [7, 11) is 1.67. The summed E-state index contributed by atoms with van der Waals surface area (Å²) in [4.78, 5) is 0. The van der Waals surface area contributed by atoms with Gasteiger partial charge in [0.05, 0.1) is 15.8 Å². The van der Waals surface area contributed by atoms with E-state index < -0.39 is 0 Å². The van der Waals surface area contributed by atoms with E-state index in [1.165, 1.54) is 4.70 Å². The van der Waals surface area contributed by atoms with Crippen molar-refractivity contribution in [3.05, 3.63) is 22.7 Å². The Bertz CT molecular complexity index is 450. The molecule has 2 rings (SSSR count). The van der Waals surface area contributed by atoms with Crippen LogP contribution in [0.1, 0.15) is 0 Å². The van der Waals surface area contributed by atoms with E-state index in [2.05, 4.69) is 28.6 Å². The maximum absolute atomic E-state index is 5.20.